The summed E-state index contributed by atoms with van der Waals surface area (Å²) in [6.45, 7) is 6.82. The summed E-state index contributed by atoms with van der Waals surface area (Å²) in [6.07, 6.45) is 0.938. The zero-order valence-corrected chi connectivity index (χ0v) is 7.05. The van der Waals surface area contributed by atoms with Crippen LogP contribution in [0, 0.1) is 5.41 Å². The summed E-state index contributed by atoms with van der Waals surface area (Å²) in [5.74, 6) is 0. The molecule has 0 rings (SSSR count). The fourth-order valence-corrected chi connectivity index (χ4v) is 0. The molecule has 3 nitrogen and oxygen atoms in total. The van der Waals surface area contributed by atoms with Gasteiger partial charge in [-0.3, -0.25) is 0 Å². The molecule has 0 heterocycles. The van der Waals surface area contributed by atoms with E-state index in [1.54, 1.807) is 0 Å². The van der Waals surface area contributed by atoms with Gasteiger partial charge in [0.25, 0.3) is 0 Å². The summed E-state index contributed by atoms with van der Waals surface area (Å²) in [6, 6.07) is 0. The molecule has 0 aromatic heterocycles. The Morgan fingerprint density at radius 3 is 1.40 bits per heavy atom. The molecular weight excluding hydrogens is 128 g/mol. The van der Waals surface area contributed by atoms with Crippen LogP contribution in [0.3, 0.4) is 0 Å². The molecule has 0 saturated heterocycles. The number of nitrogens with two attached hydrogens (primary N) is 2. The third-order valence-corrected chi connectivity index (χ3v) is 0.520. The van der Waals surface area contributed by atoms with Crippen molar-refractivity contribution in [3.05, 3.63) is 0 Å². The van der Waals surface area contributed by atoms with E-state index in [0.29, 0.717) is 13.1 Å². The summed E-state index contributed by atoms with van der Waals surface area (Å²) in [5.41, 5.74) is 9.67. The predicted octanol–water partition coefficient (Wildman–Crippen LogP) is 0.135. The number of hydrogen-bond acceptors (Lipinski definition) is 3. The number of hydrogen-bond donors (Lipinski definition) is 2. The Morgan fingerprint density at radius 1 is 1.20 bits per heavy atom. The Kier molecular flexibility index (Phi) is 8.24. The average molecular weight is 146 g/mol. The van der Waals surface area contributed by atoms with Crippen LogP contribution in [0.25, 0.3) is 0 Å². The molecule has 0 aliphatic carbocycles. The van der Waals surface area contributed by atoms with Gasteiger partial charge in [-0.25, -0.2) is 0 Å². The van der Waals surface area contributed by atoms with Crippen LogP contribution in [-0.4, -0.2) is 19.4 Å². The van der Waals surface area contributed by atoms with Crippen LogP contribution in [0.4, 0.5) is 0 Å². The average Bonchev–Trinajstić information content (AvgIpc) is 1.87. The highest BCUT2D eigenvalue weighted by atomic mass is 16.1. The van der Waals surface area contributed by atoms with Crippen molar-refractivity contribution < 1.29 is 4.79 Å². The van der Waals surface area contributed by atoms with E-state index >= 15 is 0 Å². The molecule has 0 spiro atoms. The highest BCUT2D eigenvalue weighted by molar-refractivity contribution is 5.56. The molecule has 0 bridgehead atoms. The highest BCUT2D eigenvalue weighted by Gasteiger charge is 2.04. The molecule has 10 heavy (non-hydrogen) atoms. The molecule has 0 aliphatic rings. The molecule has 0 fully saturated rings. The Hall–Kier alpha value is -0.410. The summed E-state index contributed by atoms with van der Waals surface area (Å²) in [4.78, 5) is 9.83. The van der Waals surface area contributed by atoms with Gasteiger partial charge in [-0.15, -0.1) is 0 Å². The van der Waals surface area contributed by atoms with E-state index in [9.17, 15) is 4.79 Å². The number of aldehydes is 1. The Labute approximate surface area is 62.8 Å². The number of carbonyl (C=O) groups excluding carboxylic acids is 1. The first-order valence-electron chi connectivity index (χ1n) is 3.34. The molecule has 0 aromatic carbocycles. The van der Waals surface area contributed by atoms with Gasteiger partial charge >= 0.3 is 0 Å². The van der Waals surface area contributed by atoms with Crippen LogP contribution in [0.2, 0.25) is 0 Å². The van der Waals surface area contributed by atoms with Crippen molar-refractivity contribution >= 4 is 6.29 Å². The monoisotopic (exact) mass is 146 g/mol. The first-order chi connectivity index (χ1) is 4.47. The summed E-state index contributed by atoms with van der Waals surface area (Å²) in [7, 11) is 0. The molecule has 62 valence electrons. The second kappa shape index (κ2) is 6.71. The fraction of sp³-hybridized carbons (Fsp3) is 0.857. The van der Waals surface area contributed by atoms with Gasteiger partial charge in [-0.1, -0.05) is 20.8 Å². The minimum absolute atomic E-state index is 0.139. The lowest BCUT2D eigenvalue weighted by Gasteiger charge is -2.03. The molecule has 0 radical (unpaired) electrons. The quantitative estimate of drug-likeness (QED) is 0.517. The van der Waals surface area contributed by atoms with Crippen molar-refractivity contribution in [3.8, 4) is 0 Å². The zero-order chi connectivity index (χ0) is 8.62. The van der Waals surface area contributed by atoms with Crippen molar-refractivity contribution in [3.63, 3.8) is 0 Å². The maximum Gasteiger partial charge on any atom is 0.125 e. The second-order valence-corrected chi connectivity index (χ2v) is 3.06. The van der Waals surface area contributed by atoms with Gasteiger partial charge in [0.1, 0.15) is 6.29 Å². The third kappa shape index (κ3) is 25.6. The van der Waals surface area contributed by atoms with E-state index in [1.807, 2.05) is 20.8 Å². The molecule has 0 saturated carbocycles. The Balaban J connectivity index is 0. The molecule has 4 N–H and O–H groups in total. The van der Waals surface area contributed by atoms with Gasteiger partial charge in [0.05, 0.1) is 0 Å². The van der Waals surface area contributed by atoms with Gasteiger partial charge in [0.2, 0.25) is 0 Å². The van der Waals surface area contributed by atoms with Gasteiger partial charge in [-0.05, 0) is 0 Å². The largest absolute Gasteiger partial charge is 0.329 e. The third-order valence-electron chi connectivity index (χ3n) is 0.520. The fourth-order valence-electron chi connectivity index (χ4n) is 0. The van der Waals surface area contributed by atoms with Gasteiger partial charge in [0.15, 0.2) is 0 Å². The normalized spacial score (nSPS) is 9.70. The first-order valence-corrected chi connectivity index (χ1v) is 3.34. The molecular formula is C7H18N2O. The Bertz CT molecular complexity index is 74.2. The molecule has 0 unspecified atom stereocenters. The Morgan fingerprint density at radius 2 is 1.40 bits per heavy atom. The molecule has 0 aromatic rings. The summed E-state index contributed by atoms with van der Waals surface area (Å²) >= 11 is 0. The lowest BCUT2D eigenvalue weighted by molar-refractivity contribution is -0.113. The van der Waals surface area contributed by atoms with E-state index in [2.05, 4.69) is 0 Å². The number of rotatable bonds is 1. The minimum Gasteiger partial charge on any atom is -0.329 e. The van der Waals surface area contributed by atoms with E-state index < -0.39 is 0 Å². The van der Waals surface area contributed by atoms with E-state index in [1.165, 1.54) is 0 Å². The van der Waals surface area contributed by atoms with Crippen LogP contribution >= 0.6 is 0 Å². The van der Waals surface area contributed by atoms with Crippen LogP contribution in [-0.2, 0) is 4.79 Å². The van der Waals surface area contributed by atoms with Crippen molar-refractivity contribution in [1.29, 1.82) is 0 Å². The number of carbonyl (C=O) groups is 1. The van der Waals surface area contributed by atoms with E-state index in [-0.39, 0.29) is 5.41 Å². The van der Waals surface area contributed by atoms with Gasteiger partial charge in [-0.2, -0.15) is 0 Å². The molecule has 0 atom stereocenters. The maximum absolute atomic E-state index is 9.83. The summed E-state index contributed by atoms with van der Waals surface area (Å²) in [5, 5.41) is 0. The van der Waals surface area contributed by atoms with Crippen LogP contribution in [0.5, 0.6) is 0 Å². The summed E-state index contributed by atoms with van der Waals surface area (Å²) < 4.78 is 0. The lowest BCUT2D eigenvalue weighted by atomic mass is 10.0. The van der Waals surface area contributed by atoms with Gasteiger partial charge < -0.3 is 16.3 Å². The van der Waals surface area contributed by atoms with Gasteiger partial charge in [0, 0.05) is 18.5 Å². The van der Waals surface area contributed by atoms with Crippen molar-refractivity contribution in [2.24, 2.45) is 16.9 Å². The highest BCUT2D eigenvalue weighted by Crippen LogP contribution is 2.05. The van der Waals surface area contributed by atoms with E-state index in [0.717, 1.165) is 6.29 Å². The van der Waals surface area contributed by atoms with Crippen LogP contribution in [0.15, 0.2) is 0 Å². The topological polar surface area (TPSA) is 69.1 Å². The van der Waals surface area contributed by atoms with Crippen molar-refractivity contribution in [2.75, 3.05) is 13.1 Å². The smallest absolute Gasteiger partial charge is 0.125 e. The maximum atomic E-state index is 9.83. The molecule has 0 amide bonds. The van der Waals surface area contributed by atoms with Crippen molar-refractivity contribution in [2.45, 2.75) is 20.8 Å². The van der Waals surface area contributed by atoms with Crippen LogP contribution < -0.4 is 11.5 Å². The lowest BCUT2D eigenvalue weighted by Crippen LogP contribution is -2.11. The first kappa shape index (κ1) is 12.3. The standard InChI is InChI=1S/C5H10O.C2H8N2/c1-5(2,3)4-6;3-1-2-4/h4H,1-3H3;1-4H2. The van der Waals surface area contributed by atoms with E-state index in [4.69, 9.17) is 11.5 Å². The minimum atomic E-state index is -0.139. The second-order valence-electron chi connectivity index (χ2n) is 3.06. The SMILES string of the molecule is CC(C)(C)C=O.NCCN. The van der Waals surface area contributed by atoms with Crippen molar-refractivity contribution in [1.82, 2.24) is 0 Å². The molecule has 3 heteroatoms. The zero-order valence-electron chi connectivity index (χ0n) is 7.05. The van der Waals surface area contributed by atoms with Crippen LogP contribution in [0.1, 0.15) is 20.8 Å². The predicted molar refractivity (Wildman–Crippen MR) is 43.6 cm³/mol. The molecule has 0 aliphatic heterocycles.